The number of hydrogen-bond donors (Lipinski definition) is 0. The van der Waals surface area contributed by atoms with Gasteiger partial charge in [-0.1, -0.05) is 30.3 Å². The molecule has 0 bridgehead atoms. The Morgan fingerprint density at radius 2 is 1.77 bits per heavy atom. The first-order valence-corrected chi connectivity index (χ1v) is 11.2. The molecule has 30 heavy (non-hydrogen) atoms. The molecule has 1 fully saturated rings. The van der Waals surface area contributed by atoms with E-state index in [9.17, 15) is 4.79 Å². The smallest absolute Gasteiger partial charge is 0.286 e. The van der Waals surface area contributed by atoms with Crippen LogP contribution in [0.2, 0.25) is 0 Å². The number of piperazine rings is 1. The largest absolute Gasteiger partial charge is 0.490 e. The van der Waals surface area contributed by atoms with Crippen LogP contribution < -0.4 is 9.64 Å². The van der Waals surface area contributed by atoms with Gasteiger partial charge in [0.1, 0.15) is 5.75 Å². The van der Waals surface area contributed by atoms with Crippen LogP contribution in [0, 0.1) is 6.92 Å². The summed E-state index contributed by atoms with van der Waals surface area (Å²) in [5.74, 6) is 0.615. The predicted molar refractivity (Wildman–Crippen MR) is 125 cm³/mol. The van der Waals surface area contributed by atoms with E-state index in [1.807, 2.05) is 44.2 Å². The zero-order chi connectivity index (χ0) is 21.1. The van der Waals surface area contributed by atoms with Crippen molar-refractivity contribution in [3.05, 3.63) is 64.6 Å². The molecule has 0 spiro atoms. The van der Waals surface area contributed by atoms with Crippen LogP contribution >= 0.6 is 11.8 Å². The number of rotatable bonds is 4. The van der Waals surface area contributed by atoms with Gasteiger partial charge in [0.2, 0.25) is 0 Å². The molecule has 1 saturated heterocycles. The normalized spacial score (nSPS) is 18.3. The highest BCUT2D eigenvalue weighted by Gasteiger charge is 2.28. The van der Waals surface area contributed by atoms with Crippen LogP contribution in [0.4, 0.5) is 5.69 Å². The zero-order valence-corrected chi connectivity index (χ0v) is 18.5. The van der Waals surface area contributed by atoms with Crippen LogP contribution in [-0.2, 0) is 4.79 Å². The minimum Gasteiger partial charge on any atom is -0.490 e. The topological polar surface area (TPSA) is 45.1 Å². The van der Waals surface area contributed by atoms with Gasteiger partial charge < -0.3 is 14.5 Å². The third-order valence-corrected chi connectivity index (χ3v) is 6.14. The molecule has 4 rings (SSSR count). The molecular formula is C24H27N3O2S. The standard InChI is InChI=1S/C24H27N3O2S/c1-17(2)29-21-10-5-4-8-19(21)16-22-23(28)25-24(30-22)27-13-11-26(12-14-27)20-9-6-7-18(3)15-20/h4-10,15-17H,11-14H2,1-3H3/b22-16+. The fourth-order valence-corrected chi connectivity index (χ4v) is 4.57. The molecule has 2 aromatic rings. The van der Waals surface area contributed by atoms with E-state index in [0.717, 1.165) is 42.7 Å². The molecule has 0 saturated carbocycles. The molecule has 0 aliphatic carbocycles. The van der Waals surface area contributed by atoms with Crippen LogP contribution in [0.25, 0.3) is 6.08 Å². The number of carbonyl (C=O) groups excluding carboxylic acids is 1. The fraction of sp³-hybridized carbons (Fsp3) is 0.333. The number of carbonyl (C=O) groups is 1. The first kappa shape index (κ1) is 20.5. The van der Waals surface area contributed by atoms with Crippen molar-refractivity contribution in [3.63, 3.8) is 0 Å². The Morgan fingerprint density at radius 1 is 1.03 bits per heavy atom. The van der Waals surface area contributed by atoms with Crippen LogP contribution in [-0.4, -0.2) is 48.3 Å². The molecule has 2 aromatic carbocycles. The average molecular weight is 422 g/mol. The lowest BCUT2D eigenvalue weighted by molar-refractivity contribution is -0.113. The number of anilines is 1. The number of benzene rings is 2. The second-order valence-corrected chi connectivity index (χ2v) is 8.84. The Balaban J connectivity index is 1.42. The monoisotopic (exact) mass is 421 g/mol. The maximum atomic E-state index is 12.5. The van der Waals surface area contributed by atoms with Crippen molar-refractivity contribution in [1.82, 2.24) is 4.90 Å². The quantitative estimate of drug-likeness (QED) is 0.677. The van der Waals surface area contributed by atoms with Crippen molar-refractivity contribution in [2.45, 2.75) is 26.9 Å². The summed E-state index contributed by atoms with van der Waals surface area (Å²) < 4.78 is 5.88. The van der Waals surface area contributed by atoms with Gasteiger partial charge in [-0.05, 0) is 62.4 Å². The summed E-state index contributed by atoms with van der Waals surface area (Å²) in [4.78, 5) is 22.1. The summed E-state index contributed by atoms with van der Waals surface area (Å²) in [5.41, 5.74) is 3.43. The lowest BCUT2D eigenvalue weighted by Gasteiger charge is -2.36. The van der Waals surface area contributed by atoms with E-state index in [2.05, 4.69) is 46.0 Å². The lowest BCUT2D eigenvalue weighted by atomic mass is 10.2. The minimum absolute atomic E-state index is 0.0768. The highest BCUT2D eigenvalue weighted by Crippen LogP contribution is 2.33. The summed E-state index contributed by atoms with van der Waals surface area (Å²) in [6.45, 7) is 9.66. The van der Waals surface area contributed by atoms with Gasteiger partial charge in [0.25, 0.3) is 5.91 Å². The second kappa shape index (κ2) is 8.96. The average Bonchev–Trinajstić information content (AvgIpc) is 3.09. The Hall–Kier alpha value is -2.73. The number of ether oxygens (including phenoxy) is 1. The third-order valence-electron chi connectivity index (χ3n) is 5.09. The zero-order valence-electron chi connectivity index (χ0n) is 17.7. The SMILES string of the molecule is Cc1cccc(N2CCN(C3=NC(=O)/C(=C\c4ccccc4OC(C)C)S3)CC2)c1. The van der Waals surface area contributed by atoms with Gasteiger partial charge in [0, 0.05) is 37.4 Å². The van der Waals surface area contributed by atoms with Crippen molar-refractivity contribution in [3.8, 4) is 5.75 Å². The molecule has 2 heterocycles. The maximum absolute atomic E-state index is 12.5. The van der Waals surface area contributed by atoms with Gasteiger partial charge in [0.15, 0.2) is 5.17 Å². The fourth-order valence-electron chi connectivity index (χ4n) is 3.62. The number of amidine groups is 1. The summed E-state index contributed by atoms with van der Waals surface area (Å²) >= 11 is 1.46. The molecule has 0 unspecified atom stereocenters. The number of thioether (sulfide) groups is 1. The van der Waals surface area contributed by atoms with Gasteiger partial charge in [-0.3, -0.25) is 4.79 Å². The highest BCUT2D eigenvalue weighted by atomic mass is 32.2. The van der Waals surface area contributed by atoms with Gasteiger partial charge in [-0.15, -0.1) is 0 Å². The van der Waals surface area contributed by atoms with Crippen molar-refractivity contribution in [1.29, 1.82) is 0 Å². The molecule has 2 aliphatic heterocycles. The summed E-state index contributed by atoms with van der Waals surface area (Å²) in [7, 11) is 0. The van der Waals surface area contributed by atoms with Gasteiger partial charge in [-0.2, -0.15) is 4.99 Å². The Kier molecular flexibility index (Phi) is 6.13. The Labute approximate surface area is 182 Å². The van der Waals surface area contributed by atoms with E-state index in [0.29, 0.717) is 4.91 Å². The number of nitrogens with zero attached hydrogens (tertiary/aromatic N) is 3. The van der Waals surface area contributed by atoms with E-state index >= 15 is 0 Å². The van der Waals surface area contributed by atoms with Crippen LogP contribution in [0.15, 0.2) is 58.4 Å². The van der Waals surface area contributed by atoms with Crippen LogP contribution in [0.5, 0.6) is 5.75 Å². The predicted octanol–water partition coefficient (Wildman–Crippen LogP) is 4.57. The highest BCUT2D eigenvalue weighted by molar-refractivity contribution is 8.18. The number of aryl methyl sites for hydroxylation is 1. The number of hydrogen-bond acceptors (Lipinski definition) is 5. The molecule has 156 valence electrons. The molecule has 0 aromatic heterocycles. The molecule has 2 aliphatic rings. The van der Waals surface area contributed by atoms with Gasteiger partial charge >= 0.3 is 0 Å². The van der Waals surface area contributed by atoms with E-state index in [4.69, 9.17) is 4.74 Å². The third kappa shape index (κ3) is 4.70. The number of para-hydroxylation sites is 1. The Morgan fingerprint density at radius 3 is 2.50 bits per heavy atom. The molecule has 0 N–H and O–H groups in total. The van der Waals surface area contributed by atoms with Crippen molar-refractivity contribution >= 4 is 34.6 Å². The maximum Gasteiger partial charge on any atom is 0.286 e. The van der Waals surface area contributed by atoms with Crippen LogP contribution in [0.1, 0.15) is 25.0 Å². The summed E-state index contributed by atoms with van der Waals surface area (Å²) in [5, 5.41) is 0.803. The first-order valence-electron chi connectivity index (χ1n) is 10.3. The first-order chi connectivity index (χ1) is 14.5. The Bertz CT molecular complexity index is 991. The van der Waals surface area contributed by atoms with E-state index in [1.54, 1.807) is 0 Å². The minimum atomic E-state index is -0.171. The molecule has 5 nitrogen and oxygen atoms in total. The lowest BCUT2D eigenvalue weighted by Crippen LogP contribution is -2.47. The van der Waals surface area contributed by atoms with E-state index < -0.39 is 0 Å². The van der Waals surface area contributed by atoms with Crippen LogP contribution in [0.3, 0.4) is 0 Å². The molecule has 1 amide bonds. The molecule has 0 radical (unpaired) electrons. The molecular weight excluding hydrogens is 394 g/mol. The van der Waals surface area contributed by atoms with Gasteiger partial charge in [0.05, 0.1) is 11.0 Å². The second-order valence-electron chi connectivity index (χ2n) is 7.83. The van der Waals surface area contributed by atoms with Gasteiger partial charge in [-0.25, -0.2) is 0 Å². The van der Waals surface area contributed by atoms with Crippen molar-refractivity contribution < 1.29 is 9.53 Å². The van der Waals surface area contributed by atoms with E-state index in [1.165, 1.54) is 23.0 Å². The number of amides is 1. The summed E-state index contributed by atoms with van der Waals surface area (Å²) in [6, 6.07) is 16.4. The molecule has 0 atom stereocenters. The summed E-state index contributed by atoms with van der Waals surface area (Å²) in [6.07, 6.45) is 1.97. The number of aliphatic imine (C=N–C) groups is 1. The van der Waals surface area contributed by atoms with Crippen molar-refractivity contribution in [2.75, 3.05) is 31.1 Å². The van der Waals surface area contributed by atoms with Crippen molar-refractivity contribution in [2.24, 2.45) is 4.99 Å². The molecule has 6 heteroatoms. The van der Waals surface area contributed by atoms with E-state index in [-0.39, 0.29) is 12.0 Å².